The van der Waals surface area contributed by atoms with Gasteiger partial charge in [0.2, 0.25) is 0 Å². The van der Waals surface area contributed by atoms with Crippen molar-refractivity contribution in [3.8, 4) is 0 Å². The van der Waals surface area contributed by atoms with E-state index in [0.717, 1.165) is 10.7 Å². The van der Waals surface area contributed by atoms with E-state index >= 15 is 0 Å². The van der Waals surface area contributed by atoms with E-state index in [1.54, 1.807) is 12.1 Å². The van der Waals surface area contributed by atoms with Gasteiger partial charge in [0.15, 0.2) is 0 Å². The van der Waals surface area contributed by atoms with Crippen LogP contribution >= 0.6 is 27.7 Å². The van der Waals surface area contributed by atoms with E-state index in [2.05, 4.69) is 20.9 Å². The summed E-state index contributed by atoms with van der Waals surface area (Å²) in [4.78, 5) is 15.5. The molecule has 0 aliphatic carbocycles. The van der Waals surface area contributed by atoms with Gasteiger partial charge in [0.1, 0.15) is 10.8 Å². The van der Waals surface area contributed by atoms with Gasteiger partial charge in [-0.3, -0.25) is 0 Å². The number of nitrogens with zero attached hydrogens (tertiary/aromatic N) is 1. The largest absolute Gasteiger partial charge is 0.478 e. The highest BCUT2D eigenvalue weighted by molar-refractivity contribution is 9.10. The van der Waals surface area contributed by atoms with Gasteiger partial charge in [0.05, 0.1) is 11.8 Å². The number of aromatic carboxylic acids is 1. The second-order valence-corrected chi connectivity index (χ2v) is 5.34. The molecule has 0 unspecified atom stereocenters. The van der Waals surface area contributed by atoms with Crippen LogP contribution in [0.3, 0.4) is 0 Å². The zero-order valence-electron chi connectivity index (χ0n) is 8.93. The van der Waals surface area contributed by atoms with Gasteiger partial charge in [-0.25, -0.2) is 14.2 Å². The van der Waals surface area contributed by atoms with Gasteiger partial charge < -0.3 is 5.11 Å². The summed E-state index contributed by atoms with van der Waals surface area (Å²) < 4.78 is 13.5. The van der Waals surface area contributed by atoms with Crippen molar-refractivity contribution in [3.05, 3.63) is 52.4 Å². The second-order valence-electron chi connectivity index (χ2n) is 3.36. The Morgan fingerprint density at radius 3 is 2.72 bits per heavy atom. The lowest BCUT2D eigenvalue weighted by Gasteiger charge is -2.05. The summed E-state index contributed by atoms with van der Waals surface area (Å²) in [7, 11) is 0. The molecule has 2 rings (SSSR count). The second kappa shape index (κ2) is 5.49. The maximum atomic E-state index is 12.7. The number of carboxylic acids is 1. The molecule has 0 amide bonds. The van der Waals surface area contributed by atoms with Crippen molar-refractivity contribution in [2.45, 2.75) is 9.92 Å². The van der Waals surface area contributed by atoms with Crippen LogP contribution in [-0.2, 0) is 0 Å². The Labute approximate surface area is 115 Å². The minimum Gasteiger partial charge on any atom is -0.478 e. The van der Waals surface area contributed by atoms with Crippen molar-refractivity contribution in [1.29, 1.82) is 0 Å². The number of pyridine rings is 1. The average Bonchev–Trinajstić information content (AvgIpc) is 2.32. The van der Waals surface area contributed by atoms with E-state index in [1.807, 2.05) is 0 Å². The van der Waals surface area contributed by atoms with Gasteiger partial charge in [0, 0.05) is 9.37 Å². The summed E-state index contributed by atoms with van der Waals surface area (Å²) in [6.45, 7) is 0. The van der Waals surface area contributed by atoms with E-state index in [0.29, 0.717) is 9.92 Å². The first-order valence-electron chi connectivity index (χ1n) is 4.88. The highest BCUT2D eigenvalue weighted by atomic mass is 79.9. The Balaban J connectivity index is 2.35. The molecule has 0 aliphatic rings. The zero-order chi connectivity index (χ0) is 13.1. The van der Waals surface area contributed by atoms with Crippen LogP contribution in [0.1, 0.15) is 10.4 Å². The van der Waals surface area contributed by atoms with Crippen molar-refractivity contribution in [2.75, 3.05) is 0 Å². The van der Waals surface area contributed by atoms with E-state index in [9.17, 15) is 9.18 Å². The molecule has 3 nitrogen and oxygen atoms in total. The van der Waals surface area contributed by atoms with Crippen molar-refractivity contribution in [3.63, 3.8) is 0 Å². The summed E-state index contributed by atoms with van der Waals surface area (Å²) in [5.41, 5.74) is 0.189. The molecule has 1 N–H and O–H groups in total. The molecule has 0 spiro atoms. The molecule has 0 bridgehead atoms. The molecule has 1 aromatic carbocycles. The highest BCUT2D eigenvalue weighted by Crippen LogP contribution is 2.31. The quantitative estimate of drug-likeness (QED) is 0.930. The number of carbonyl (C=O) groups is 1. The summed E-state index contributed by atoms with van der Waals surface area (Å²) in [5, 5.41) is 9.61. The van der Waals surface area contributed by atoms with Gasteiger partial charge in [-0.05, 0) is 30.3 Å². The molecule has 1 heterocycles. The average molecular weight is 328 g/mol. The standard InChI is InChI=1S/C12H7BrFNO2S/c13-7-1-3-9(12(16)17)10(5-7)18-11-4-2-8(14)6-15-11/h1-6H,(H,16,17). The Morgan fingerprint density at radius 1 is 1.33 bits per heavy atom. The van der Waals surface area contributed by atoms with Gasteiger partial charge in [-0.1, -0.05) is 27.7 Å². The lowest BCUT2D eigenvalue weighted by Crippen LogP contribution is -1.98. The third-order valence-corrected chi connectivity index (χ3v) is 3.59. The molecule has 0 saturated carbocycles. The van der Waals surface area contributed by atoms with E-state index in [4.69, 9.17) is 5.11 Å². The van der Waals surface area contributed by atoms with Crippen LogP contribution in [0.4, 0.5) is 4.39 Å². The van der Waals surface area contributed by atoms with E-state index in [1.165, 1.54) is 30.0 Å². The fourth-order valence-corrected chi connectivity index (χ4v) is 2.72. The van der Waals surface area contributed by atoms with Crippen LogP contribution in [0.2, 0.25) is 0 Å². The lowest BCUT2D eigenvalue weighted by molar-refractivity contribution is 0.0693. The lowest BCUT2D eigenvalue weighted by atomic mass is 10.2. The van der Waals surface area contributed by atoms with Crippen LogP contribution in [-0.4, -0.2) is 16.1 Å². The molecular formula is C12H7BrFNO2S. The first kappa shape index (κ1) is 13.0. The summed E-state index contributed by atoms with van der Waals surface area (Å²) in [6.07, 6.45) is 1.10. The van der Waals surface area contributed by atoms with Gasteiger partial charge >= 0.3 is 5.97 Å². The Hall–Kier alpha value is -1.40. The zero-order valence-corrected chi connectivity index (χ0v) is 11.3. The van der Waals surface area contributed by atoms with Crippen molar-refractivity contribution >= 4 is 33.7 Å². The first-order chi connectivity index (χ1) is 8.56. The number of benzene rings is 1. The minimum absolute atomic E-state index is 0.189. The smallest absolute Gasteiger partial charge is 0.336 e. The topological polar surface area (TPSA) is 50.2 Å². The third-order valence-electron chi connectivity index (χ3n) is 2.09. The predicted octanol–water partition coefficient (Wildman–Crippen LogP) is 3.83. The molecule has 2 aromatic rings. The number of carboxylic acid groups (broad SMARTS) is 1. The van der Waals surface area contributed by atoms with Crippen LogP contribution < -0.4 is 0 Å². The molecule has 92 valence electrons. The van der Waals surface area contributed by atoms with E-state index in [-0.39, 0.29) is 5.56 Å². The summed E-state index contributed by atoms with van der Waals surface area (Å²) in [5.74, 6) is -1.43. The maximum absolute atomic E-state index is 12.7. The van der Waals surface area contributed by atoms with Gasteiger partial charge in [0.25, 0.3) is 0 Å². The summed E-state index contributed by atoms with van der Waals surface area (Å²) >= 11 is 4.46. The monoisotopic (exact) mass is 327 g/mol. The van der Waals surface area contributed by atoms with Crippen LogP contribution in [0.15, 0.2) is 50.9 Å². The fraction of sp³-hybridized carbons (Fsp3) is 0. The Kier molecular flexibility index (Phi) is 3.98. The van der Waals surface area contributed by atoms with Crippen molar-refractivity contribution in [1.82, 2.24) is 4.98 Å². The predicted molar refractivity (Wildman–Crippen MR) is 69.4 cm³/mol. The number of aromatic nitrogens is 1. The molecule has 0 saturated heterocycles. The molecule has 1 aromatic heterocycles. The molecule has 0 radical (unpaired) electrons. The fourth-order valence-electron chi connectivity index (χ4n) is 1.29. The molecule has 0 atom stereocenters. The number of halogens is 2. The normalized spacial score (nSPS) is 10.3. The van der Waals surface area contributed by atoms with Gasteiger partial charge in [-0.2, -0.15) is 0 Å². The number of hydrogen-bond donors (Lipinski definition) is 1. The SMILES string of the molecule is O=C(O)c1ccc(Br)cc1Sc1ccc(F)cn1. The van der Waals surface area contributed by atoms with E-state index < -0.39 is 11.8 Å². The number of rotatable bonds is 3. The molecular weight excluding hydrogens is 321 g/mol. The maximum Gasteiger partial charge on any atom is 0.336 e. The molecule has 6 heteroatoms. The Bertz CT molecular complexity index is 589. The Morgan fingerprint density at radius 2 is 2.11 bits per heavy atom. The molecule has 0 aliphatic heterocycles. The van der Waals surface area contributed by atoms with Crippen molar-refractivity contribution in [2.24, 2.45) is 0 Å². The molecule has 18 heavy (non-hydrogen) atoms. The van der Waals surface area contributed by atoms with Gasteiger partial charge in [-0.15, -0.1) is 0 Å². The summed E-state index contributed by atoms with van der Waals surface area (Å²) in [6, 6.07) is 7.66. The first-order valence-corrected chi connectivity index (χ1v) is 6.49. The van der Waals surface area contributed by atoms with Crippen LogP contribution in [0.5, 0.6) is 0 Å². The minimum atomic E-state index is -1.01. The van der Waals surface area contributed by atoms with Crippen LogP contribution in [0, 0.1) is 5.82 Å². The molecule has 0 fully saturated rings. The van der Waals surface area contributed by atoms with Crippen LogP contribution in [0.25, 0.3) is 0 Å². The number of hydrogen-bond acceptors (Lipinski definition) is 3. The van der Waals surface area contributed by atoms with Crippen molar-refractivity contribution < 1.29 is 14.3 Å². The highest BCUT2D eigenvalue weighted by Gasteiger charge is 2.12. The third kappa shape index (κ3) is 3.08.